The van der Waals surface area contributed by atoms with Crippen molar-refractivity contribution >= 4 is 46.1 Å². The first-order chi connectivity index (χ1) is 26.4. The molecule has 1 unspecified atom stereocenters. The van der Waals surface area contributed by atoms with E-state index in [-0.39, 0.29) is 36.4 Å². The summed E-state index contributed by atoms with van der Waals surface area (Å²) in [7, 11) is 2.47. The largest absolute Gasteiger partial charge is 0.453 e. The number of nitrogens with zero attached hydrogens (tertiary/aromatic N) is 4. The number of hydrogen-bond donors (Lipinski definition) is 4. The molecular formula is C39H42F2N8O6. The maximum absolute atomic E-state index is 15.6. The zero-order chi connectivity index (χ0) is 39.0. The smallest absolute Gasteiger partial charge is 0.407 e. The molecule has 4 amide bonds. The lowest BCUT2D eigenvalue weighted by Crippen LogP contribution is -2.51. The molecule has 4 N–H and O–H groups in total. The van der Waals surface area contributed by atoms with Gasteiger partial charge in [0.2, 0.25) is 11.8 Å². The van der Waals surface area contributed by atoms with Crippen LogP contribution in [0.25, 0.3) is 44.3 Å². The summed E-state index contributed by atoms with van der Waals surface area (Å²) in [6.07, 6.45) is 1.44. The number of rotatable bonds is 9. The van der Waals surface area contributed by atoms with Crippen LogP contribution in [0.2, 0.25) is 0 Å². The van der Waals surface area contributed by atoms with Crippen molar-refractivity contribution in [3.63, 3.8) is 0 Å². The molecule has 4 heterocycles. The van der Waals surface area contributed by atoms with Crippen LogP contribution < -0.4 is 10.6 Å². The Hall–Kier alpha value is -6.06. The fourth-order valence-corrected chi connectivity index (χ4v) is 7.55. The number of nitrogens with one attached hydrogen (secondary N) is 4. The molecule has 3 atom stereocenters. The number of amides is 4. The van der Waals surface area contributed by atoms with Crippen molar-refractivity contribution in [2.45, 2.75) is 57.7 Å². The third-order valence-corrected chi connectivity index (χ3v) is 10.4. The van der Waals surface area contributed by atoms with Gasteiger partial charge in [-0.3, -0.25) is 9.59 Å². The predicted molar refractivity (Wildman–Crippen MR) is 198 cm³/mol. The Morgan fingerprint density at radius 1 is 0.782 bits per heavy atom. The summed E-state index contributed by atoms with van der Waals surface area (Å²) >= 11 is 0. The van der Waals surface area contributed by atoms with Crippen molar-refractivity contribution in [2.24, 2.45) is 5.92 Å². The highest BCUT2D eigenvalue weighted by Gasteiger charge is 2.38. The molecule has 3 aromatic carbocycles. The number of alkyl carbamates (subject to hydrolysis) is 2. The number of imidazole rings is 2. The van der Waals surface area contributed by atoms with Crippen LogP contribution in [0.5, 0.6) is 0 Å². The number of aromatic nitrogens is 4. The second-order valence-electron chi connectivity index (χ2n) is 14.2. The molecule has 288 valence electrons. The lowest BCUT2D eigenvalue weighted by atomic mass is 9.99. The summed E-state index contributed by atoms with van der Waals surface area (Å²) < 4.78 is 40.5. The van der Waals surface area contributed by atoms with Gasteiger partial charge in [-0.25, -0.2) is 28.3 Å². The van der Waals surface area contributed by atoms with Gasteiger partial charge in [0.05, 0.1) is 48.4 Å². The molecule has 2 aromatic heterocycles. The van der Waals surface area contributed by atoms with E-state index in [0.29, 0.717) is 81.9 Å². The quantitative estimate of drug-likeness (QED) is 0.139. The van der Waals surface area contributed by atoms with Crippen molar-refractivity contribution in [2.75, 3.05) is 33.9 Å². The molecule has 2 aliphatic rings. The van der Waals surface area contributed by atoms with Gasteiger partial charge in [-0.15, -0.1) is 0 Å². The zero-order valence-electron chi connectivity index (χ0n) is 30.9. The predicted octanol–water partition coefficient (Wildman–Crippen LogP) is 6.12. The van der Waals surface area contributed by atoms with E-state index in [9.17, 15) is 19.2 Å². The Morgan fingerprint density at radius 2 is 1.27 bits per heavy atom. The van der Waals surface area contributed by atoms with Crippen LogP contribution in [0.4, 0.5) is 18.4 Å². The molecule has 0 radical (unpaired) electrons. The number of fused-ring (bicyclic) bond motifs is 2. The number of carbonyl (C=O) groups excluding carboxylic acids is 4. The van der Waals surface area contributed by atoms with Crippen molar-refractivity contribution in [3.8, 4) is 22.3 Å². The first-order valence-corrected chi connectivity index (χ1v) is 18.2. The van der Waals surface area contributed by atoms with Gasteiger partial charge >= 0.3 is 12.2 Å². The number of hydrogen-bond acceptors (Lipinski definition) is 8. The number of ether oxygens (including phenoxy) is 2. The van der Waals surface area contributed by atoms with E-state index < -0.39 is 29.9 Å². The van der Waals surface area contributed by atoms with Gasteiger partial charge in [-0.2, -0.15) is 0 Å². The van der Waals surface area contributed by atoms with E-state index in [1.165, 1.54) is 26.4 Å². The van der Waals surface area contributed by atoms with Crippen LogP contribution in [-0.2, 0) is 19.1 Å². The highest BCUT2D eigenvalue weighted by Crippen LogP contribution is 2.36. The maximum Gasteiger partial charge on any atom is 0.407 e. The number of benzene rings is 3. The van der Waals surface area contributed by atoms with Crippen molar-refractivity contribution in [3.05, 3.63) is 71.8 Å². The van der Waals surface area contributed by atoms with Gasteiger partial charge in [-0.1, -0.05) is 38.1 Å². The van der Waals surface area contributed by atoms with E-state index in [1.54, 1.807) is 46.2 Å². The number of halogens is 2. The number of likely N-dealkylation sites (tertiary alicyclic amines) is 2. The molecule has 14 nitrogen and oxygen atoms in total. The molecule has 0 spiro atoms. The molecule has 2 aliphatic heterocycles. The SMILES string of the molecule is COC(=O)NCC(=O)N1CCC[C@H]1c1nc2cc(-c3ccc(-c4cc5nc([C@@H]6CCCN6C(=O)C(NC(=O)OC)C(C)C)[nH]c5cc4F)cc3)c(F)cc2[nH]1. The van der Waals surface area contributed by atoms with E-state index in [2.05, 4.69) is 25.3 Å². The summed E-state index contributed by atoms with van der Waals surface area (Å²) in [4.78, 5) is 69.0. The highest BCUT2D eigenvalue weighted by atomic mass is 19.1. The minimum absolute atomic E-state index is 0.180. The van der Waals surface area contributed by atoms with Gasteiger partial charge in [0, 0.05) is 36.3 Å². The molecule has 5 aromatic rings. The number of methoxy groups -OCH3 is 2. The fourth-order valence-electron chi connectivity index (χ4n) is 7.55. The van der Waals surface area contributed by atoms with Crippen LogP contribution in [0.3, 0.4) is 0 Å². The lowest BCUT2D eigenvalue weighted by molar-refractivity contribution is -0.135. The Labute approximate surface area is 315 Å². The standard InChI is InChI=1S/C39H42F2N8O6/c1-20(2)34(47-39(53)55-4)37(51)49-14-6-8-32(49)36-44-28-16-24(26(41)18-30(28)46-36)22-11-9-21(10-12-22)23-15-27-29(17-25(23)40)45-35(43-27)31-7-5-13-48(31)33(50)19-42-38(52)54-3/h9-12,15-18,20,31-32,34H,5-8,13-14,19H2,1-4H3,(H,42,52)(H,43,45)(H,44,46)(H,47,53)/t31-,32-,34?/m0/s1. The van der Waals surface area contributed by atoms with Gasteiger partial charge in [0.25, 0.3) is 0 Å². The van der Waals surface area contributed by atoms with Crippen LogP contribution >= 0.6 is 0 Å². The maximum atomic E-state index is 15.6. The average Bonchev–Trinajstić information content (AvgIpc) is 4.00. The average molecular weight is 757 g/mol. The Balaban J connectivity index is 1.10. The molecular weight excluding hydrogens is 714 g/mol. The lowest BCUT2D eigenvalue weighted by Gasteiger charge is -2.29. The van der Waals surface area contributed by atoms with E-state index in [4.69, 9.17) is 14.7 Å². The molecule has 7 rings (SSSR count). The Morgan fingerprint density at radius 3 is 1.76 bits per heavy atom. The topological polar surface area (TPSA) is 175 Å². The Kier molecular flexibility index (Phi) is 10.4. The summed E-state index contributed by atoms with van der Waals surface area (Å²) in [5.74, 6) is -0.590. The van der Waals surface area contributed by atoms with Gasteiger partial charge in [0.1, 0.15) is 35.9 Å². The summed E-state index contributed by atoms with van der Waals surface area (Å²) in [5, 5.41) is 5.05. The summed E-state index contributed by atoms with van der Waals surface area (Å²) in [6.45, 7) is 4.47. The molecule has 55 heavy (non-hydrogen) atoms. The van der Waals surface area contributed by atoms with Crippen molar-refractivity contribution in [1.82, 2.24) is 40.4 Å². The van der Waals surface area contributed by atoms with Gasteiger partial charge < -0.3 is 39.9 Å². The summed E-state index contributed by atoms with van der Waals surface area (Å²) in [5.41, 5.74) is 3.76. The zero-order valence-corrected chi connectivity index (χ0v) is 30.9. The normalized spacial score (nSPS) is 17.6. The first-order valence-electron chi connectivity index (χ1n) is 18.2. The number of H-pyrrole nitrogens is 2. The number of carbonyl (C=O) groups is 4. The van der Waals surface area contributed by atoms with Gasteiger partial charge in [-0.05, 0) is 54.9 Å². The summed E-state index contributed by atoms with van der Waals surface area (Å²) in [6, 6.07) is 11.4. The molecule has 2 saturated heterocycles. The molecule has 0 bridgehead atoms. The number of aromatic amines is 2. The van der Waals surface area contributed by atoms with E-state index in [0.717, 1.165) is 12.8 Å². The molecule has 0 aliphatic carbocycles. The first kappa shape index (κ1) is 37.3. The fraction of sp³-hybridized carbons (Fsp3) is 0.385. The minimum atomic E-state index is -0.777. The molecule has 0 saturated carbocycles. The van der Waals surface area contributed by atoms with E-state index in [1.807, 2.05) is 13.8 Å². The Bertz CT molecular complexity index is 2270. The molecule has 2 fully saturated rings. The second kappa shape index (κ2) is 15.4. The third-order valence-electron chi connectivity index (χ3n) is 10.4. The molecule has 16 heteroatoms. The van der Waals surface area contributed by atoms with Crippen LogP contribution in [-0.4, -0.2) is 93.6 Å². The van der Waals surface area contributed by atoms with Crippen molar-refractivity contribution in [1.29, 1.82) is 0 Å². The monoisotopic (exact) mass is 756 g/mol. The highest BCUT2D eigenvalue weighted by molar-refractivity contribution is 5.88. The third kappa shape index (κ3) is 7.40. The second-order valence-corrected chi connectivity index (χ2v) is 14.2. The van der Waals surface area contributed by atoms with Gasteiger partial charge in [0.15, 0.2) is 0 Å². The van der Waals surface area contributed by atoms with Crippen molar-refractivity contribution < 1.29 is 37.4 Å². The van der Waals surface area contributed by atoms with Crippen LogP contribution in [0, 0.1) is 17.6 Å². The van der Waals surface area contributed by atoms with Crippen LogP contribution in [0.15, 0.2) is 48.5 Å². The minimum Gasteiger partial charge on any atom is -0.453 e. The van der Waals surface area contributed by atoms with E-state index >= 15 is 8.78 Å². The van der Waals surface area contributed by atoms with Crippen LogP contribution in [0.1, 0.15) is 63.3 Å².